The molecule has 2 bridgehead atoms. The minimum atomic E-state index is -0.0197. The Labute approximate surface area is 135 Å². The van der Waals surface area contributed by atoms with E-state index in [0.717, 1.165) is 11.0 Å². The second kappa shape index (κ2) is 4.57. The van der Waals surface area contributed by atoms with Gasteiger partial charge in [0.05, 0.1) is 17.1 Å². The molecule has 4 aliphatic rings. The molecule has 3 aliphatic heterocycles. The zero-order valence-corrected chi connectivity index (χ0v) is 13.5. The monoisotopic (exact) mass is 310 g/mol. The van der Waals surface area contributed by atoms with Gasteiger partial charge in [-0.15, -0.1) is 0 Å². The summed E-state index contributed by atoms with van der Waals surface area (Å²) in [6.07, 6.45) is 4.90. The van der Waals surface area contributed by atoms with Gasteiger partial charge in [-0.2, -0.15) is 0 Å². The third-order valence-electron chi connectivity index (χ3n) is 6.26. The van der Waals surface area contributed by atoms with Gasteiger partial charge in [-0.1, -0.05) is 12.1 Å². The van der Waals surface area contributed by atoms with Crippen LogP contribution in [0, 0.1) is 5.92 Å². The van der Waals surface area contributed by atoms with Crippen LogP contribution in [-0.4, -0.2) is 45.0 Å². The number of piperidine rings is 3. The number of carbonyl (C=O) groups excluding carboxylic acids is 1. The van der Waals surface area contributed by atoms with Gasteiger partial charge in [0.2, 0.25) is 0 Å². The van der Waals surface area contributed by atoms with Crippen molar-refractivity contribution in [1.82, 2.24) is 19.8 Å². The van der Waals surface area contributed by atoms with Gasteiger partial charge in [0.25, 0.3) is 5.91 Å². The van der Waals surface area contributed by atoms with Gasteiger partial charge < -0.3 is 9.88 Å². The molecule has 6 rings (SSSR count). The number of aromatic nitrogens is 2. The molecular formula is C18H22N4O. The Kier molecular flexibility index (Phi) is 2.69. The average molecular weight is 310 g/mol. The first-order chi connectivity index (χ1) is 11.2. The van der Waals surface area contributed by atoms with Crippen molar-refractivity contribution in [3.8, 4) is 0 Å². The van der Waals surface area contributed by atoms with Gasteiger partial charge >= 0.3 is 0 Å². The number of hydrogen-bond acceptors (Lipinski definition) is 3. The van der Waals surface area contributed by atoms with Crippen molar-refractivity contribution in [3.05, 3.63) is 30.1 Å². The Morgan fingerprint density at radius 1 is 1.26 bits per heavy atom. The van der Waals surface area contributed by atoms with Gasteiger partial charge in [0.15, 0.2) is 5.82 Å². The van der Waals surface area contributed by atoms with Crippen LogP contribution in [0.3, 0.4) is 0 Å². The van der Waals surface area contributed by atoms with Gasteiger partial charge in [-0.3, -0.25) is 9.69 Å². The van der Waals surface area contributed by atoms with Crippen LogP contribution < -0.4 is 5.32 Å². The lowest BCUT2D eigenvalue weighted by Crippen LogP contribution is -2.65. The molecule has 1 aromatic heterocycles. The number of fused-ring (bicyclic) bond motifs is 3. The molecule has 0 radical (unpaired) electrons. The summed E-state index contributed by atoms with van der Waals surface area (Å²) in [5.41, 5.74) is 2.16. The quantitative estimate of drug-likeness (QED) is 0.922. The molecule has 120 valence electrons. The number of hydrogen-bond donors (Lipinski definition) is 1. The Bertz CT molecular complexity index is 783. The molecule has 1 amide bonds. The number of rotatable bonds is 2. The number of amides is 1. The van der Waals surface area contributed by atoms with Crippen molar-refractivity contribution in [2.24, 2.45) is 13.0 Å². The fraction of sp³-hybridized carbons (Fsp3) is 0.556. The first-order valence-corrected chi connectivity index (χ1v) is 8.66. The van der Waals surface area contributed by atoms with E-state index < -0.39 is 0 Å². The third kappa shape index (κ3) is 1.83. The van der Waals surface area contributed by atoms with Gasteiger partial charge in [-0.05, 0) is 56.8 Å². The molecule has 4 fully saturated rings. The lowest BCUT2D eigenvalue weighted by Gasteiger charge is -2.52. The van der Waals surface area contributed by atoms with Crippen LogP contribution in [0.15, 0.2) is 24.3 Å². The maximum Gasteiger partial charge on any atom is 0.287 e. The zero-order chi connectivity index (χ0) is 15.6. The number of carbonyl (C=O) groups is 1. The van der Waals surface area contributed by atoms with Gasteiger partial charge in [0, 0.05) is 12.6 Å². The number of nitrogens with zero attached hydrogens (tertiary/aromatic N) is 3. The number of imidazole rings is 1. The lowest BCUT2D eigenvalue weighted by atomic mass is 9.77. The molecule has 2 aromatic rings. The highest BCUT2D eigenvalue weighted by atomic mass is 16.2. The van der Waals surface area contributed by atoms with Crippen molar-refractivity contribution in [2.75, 3.05) is 13.1 Å². The summed E-state index contributed by atoms with van der Waals surface area (Å²) in [7, 11) is 1.92. The minimum Gasteiger partial charge on any atom is -0.344 e. The van der Waals surface area contributed by atoms with Gasteiger partial charge in [0.1, 0.15) is 0 Å². The molecule has 1 saturated carbocycles. The van der Waals surface area contributed by atoms with Crippen molar-refractivity contribution < 1.29 is 4.79 Å². The third-order valence-corrected chi connectivity index (χ3v) is 6.26. The summed E-state index contributed by atoms with van der Waals surface area (Å²) >= 11 is 0. The predicted octanol–water partition coefficient (Wildman–Crippen LogP) is 1.93. The molecule has 1 N–H and O–H groups in total. The van der Waals surface area contributed by atoms with Crippen LogP contribution in [-0.2, 0) is 7.05 Å². The highest BCUT2D eigenvalue weighted by Crippen LogP contribution is 2.53. The summed E-state index contributed by atoms with van der Waals surface area (Å²) in [6.45, 7) is 2.42. The van der Waals surface area contributed by atoms with E-state index in [2.05, 4.69) is 15.2 Å². The lowest BCUT2D eigenvalue weighted by molar-refractivity contribution is -0.00165. The molecular weight excluding hydrogens is 288 g/mol. The Morgan fingerprint density at radius 3 is 2.70 bits per heavy atom. The number of nitrogens with one attached hydrogen (secondary N) is 1. The summed E-state index contributed by atoms with van der Waals surface area (Å²) in [5, 5.41) is 3.36. The van der Waals surface area contributed by atoms with Crippen molar-refractivity contribution in [3.63, 3.8) is 0 Å². The number of para-hydroxylation sites is 2. The van der Waals surface area contributed by atoms with E-state index in [-0.39, 0.29) is 11.4 Å². The second-order valence-corrected chi connectivity index (χ2v) is 7.36. The van der Waals surface area contributed by atoms with E-state index in [0.29, 0.717) is 17.8 Å². The maximum atomic E-state index is 12.9. The normalized spacial score (nSPS) is 30.7. The van der Waals surface area contributed by atoms with E-state index in [9.17, 15) is 4.79 Å². The molecule has 3 saturated heterocycles. The largest absolute Gasteiger partial charge is 0.344 e. The Hall–Kier alpha value is -1.88. The second-order valence-electron chi connectivity index (χ2n) is 7.36. The fourth-order valence-electron chi connectivity index (χ4n) is 4.88. The highest BCUT2D eigenvalue weighted by molar-refractivity contribution is 5.95. The first kappa shape index (κ1) is 13.5. The van der Waals surface area contributed by atoms with Crippen LogP contribution in [0.4, 0.5) is 0 Å². The Morgan fingerprint density at radius 2 is 2.00 bits per heavy atom. The maximum absolute atomic E-state index is 12.9. The van der Waals surface area contributed by atoms with E-state index in [1.807, 2.05) is 35.9 Å². The van der Waals surface area contributed by atoms with Crippen LogP contribution in [0.2, 0.25) is 0 Å². The molecule has 4 heterocycles. The summed E-state index contributed by atoms with van der Waals surface area (Å²) < 4.78 is 1.91. The average Bonchev–Trinajstić information content (AvgIpc) is 3.29. The smallest absolute Gasteiger partial charge is 0.287 e. The van der Waals surface area contributed by atoms with Crippen molar-refractivity contribution >= 4 is 16.9 Å². The number of aryl methyl sites for hydroxylation is 1. The summed E-state index contributed by atoms with van der Waals surface area (Å²) in [6, 6.07) is 8.22. The van der Waals surface area contributed by atoms with E-state index in [1.165, 1.54) is 38.8 Å². The molecule has 23 heavy (non-hydrogen) atoms. The van der Waals surface area contributed by atoms with Crippen LogP contribution in [0.1, 0.15) is 36.3 Å². The Balaban J connectivity index is 1.46. The van der Waals surface area contributed by atoms with Crippen LogP contribution >= 0.6 is 0 Å². The number of benzene rings is 1. The summed E-state index contributed by atoms with van der Waals surface area (Å²) in [5.74, 6) is 1.15. The van der Waals surface area contributed by atoms with Crippen LogP contribution in [0.25, 0.3) is 11.0 Å². The van der Waals surface area contributed by atoms with Crippen LogP contribution in [0.5, 0.6) is 0 Å². The fourth-order valence-corrected chi connectivity index (χ4v) is 4.88. The standard InChI is InChI=1S/C18H22N4O/c1-21-14-5-3-2-4-13(14)19-16(21)17(23)20-15-12-6-10-22(11-7-12)18(15)8-9-18/h2-5,12,15H,6-11H2,1H3,(H,20,23)/t15-/m1/s1. The SMILES string of the molecule is Cn1c(C(=O)N[C@@H]2C3CCN(CC3)C23CC3)nc2ccccc21. The van der Waals surface area contributed by atoms with E-state index >= 15 is 0 Å². The molecule has 1 spiro atoms. The highest BCUT2D eigenvalue weighted by Gasteiger charge is 2.60. The zero-order valence-electron chi connectivity index (χ0n) is 13.5. The molecule has 1 aliphatic carbocycles. The minimum absolute atomic E-state index is 0.0197. The topological polar surface area (TPSA) is 50.2 Å². The molecule has 5 nitrogen and oxygen atoms in total. The van der Waals surface area contributed by atoms with Gasteiger partial charge in [-0.25, -0.2) is 4.98 Å². The van der Waals surface area contributed by atoms with E-state index in [1.54, 1.807) is 0 Å². The van der Waals surface area contributed by atoms with E-state index in [4.69, 9.17) is 0 Å². The van der Waals surface area contributed by atoms with Crippen molar-refractivity contribution in [1.29, 1.82) is 0 Å². The molecule has 1 aromatic carbocycles. The molecule has 0 unspecified atom stereocenters. The van der Waals surface area contributed by atoms with Crippen molar-refractivity contribution in [2.45, 2.75) is 37.3 Å². The predicted molar refractivity (Wildman–Crippen MR) is 88.2 cm³/mol. The summed E-state index contributed by atoms with van der Waals surface area (Å²) in [4.78, 5) is 20.0. The molecule has 1 atom stereocenters. The molecule has 5 heteroatoms. The first-order valence-electron chi connectivity index (χ1n) is 8.66.